The third-order valence-electron chi connectivity index (χ3n) is 1.35. The number of rotatable bonds is 0. The summed E-state index contributed by atoms with van der Waals surface area (Å²) >= 11 is 0. The van der Waals surface area contributed by atoms with Crippen molar-refractivity contribution < 1.29 is 0 Å². The fourth-order valence-corrected chi connectivity index (χ4v) is 0.938. The third-order valence-corrected chi connectivity index (χ3v) is 1.35. The molecule has 0 radical (unpaired) electrons. The molecule has 50 valence electrons. The number of aliphatic imine (C=N–C) groups is 4. The molecule has 4 heteroatoms. The second kappa shape index (κ2) is 1.83. The molecule has 0 aromatic rings. The van der Waals surface area contributed by atoms with E-state index in [1.807, 2.05) is 6.92 Å². The van der Waals surface area contributed by atoms with E-state index in [0.29, 0.717) is 0 Å². The molecule has 1 unspecified atom stereocenters. The summed E-state index contributed by atoms with van der Waals surface area (Å²) in [5.74, 6) is 1.54. The zero-order valence-corrected chi connectivity index (χ0v) is 5.52. The predicted octanol–water partition coefficient (Wildman–Crippen LogP) is 0.298. The maximum Gasteiger partial charge on any atom is 0.162 e. The molecule has 0 fully saturated rings. The summed E-state index contributed by atoms with van der Waals surface area (Å²) in [5, 5.41) is 0. The molecule has 10 heavy (non-hydrogen) atoms. The van der Waals surface area contributed by atoms with Gasteiger partial charge in [0.1, 0.15) is 18.2 Å². The molecule has 0 spiro atoms. The topological polar surface area (TPSA) is 49.4 Å². The first kappa shape index (κ1) is 5.46. The lowest BCUT2D eigenvalue weighted by atomic mass is 10.3. The first-order valence-electron chi connectivity index (χ1n) is 3.05. The summed E-state index contributed by atoms with van der Waals surface area (Å²) in [5.41, 5.74) is 0. The van der Waals surface area contributed by atoms with Gasteiger partial charge in [0.15, 0.2) is 5.84 Å². The van der Waals surface area contributed by atoms with Gasteiger partial charge in [0.05, 0.1) is 0 Å². The average molecular weight is 134 g/mol. The molecule has 2 heterocycles. The minimum absolute atomic E-state index is 0.00926. The highest BCUT2D eigenvalue weighted by Crippen LogP contribution is 2.06. The van der Waals surface area contributed by atoms with Crippen molar-refractivity contribution in [3.63, 3.8) is 0 Å². The van der Waals surface area contributed by atoms with Crippen molar-refractivity contribution in [2.75, 3.05) is 0 Å². The monoisotopic (exact) mass is 134 g/mol. The Kier molecular flexibility index (Phi) is 1.00. The van der Waals surface area contributed by atoms with Gasteiger partial charge >= 0.3 is 0 Å². The van der Waals surface area contributed by atoms with Gasteiger partial charge in [-0.15, -0.1) is 0 Å². The van der Waals surface area contributed by atoms with Crippen LogP contribution in [0.25, 0.3) is 0 Å². The summed E-state index contributed by atoms with van der Waals surface area (Å²) < 4.78 is 0. The van der Waals surface area contributed by atoms with E-state index in [1.54, 1.807) is 6.21 Å². The van der Waals surface area contributed by atoms with Gasteiger partial charge in [-0.05, 0) is 6.92 Å². The van der Waals surface area contributed by atoms with Crippen LogP contribution in [0.5, 0.6) is 0 Å². The van der Waals surface area contributed by atoms with Gasteiger partial charge in [-0.25, -0.2) is 15.0 Å². The van der Waals surface area contributed by atoms with Crippen molar-refractivity contribution in [3.8, 4) is 0 Å². The van der Waals surface area contributed by atoms with Crippen molar-refractivity contribution in [1.82, 2.24) is 0 Å². The molecule has 2 aliphatic rings. The van der Waals surface area contributed by atoms with Crippen LogP contribution in [0.3, 0.4) is 0 Å². The van der Waals surface area contributed by atoms with E-state index in [4.69, 9.17) is 0 Å². The minimum atomic E-state index is -0.00926. The Morgan fingerprint density at radius 2 is 2.40 bits per heavy atom. The molecule has 0 aromatic carbocycles. The van der Waals surface area contributed by atoms with Gasteiger partial charge in [0, 0.05) is 6.21 Å². The SMILES string of the molecule is CC1=NC2C=NC=NC2=N1. The van der Waals surface area contributed by atoms with Gasteiger partial charge in [-0.1, -0.05) is 0 Å². The van der Waals surface area contributed by atoms with Crippen LogP contribution in [0.2, 0.25) is 0 Å². The van der Waals surface area contributed by atoms with E-state index < -0.39 is 0 Å². The van der Waals surface area contributed by atoms with Crippen molar-refractivity contribution in [1.29, 1.82) is 0 Å². The molecule has 1 atom stereocenters. The smallest absolute Gasteiger partial charge is 0.162 e. The van der Waals surface area contributed by atoms with Crippen LogP contribution >= 0.6 is 0 Å². The van der Waals surface area contributed by atoms with Crippen LogP contribution in [-0.4, -0.2) is 30.3 Å². The number of amidine groups is 2. The van der Waals surface area contributed by atoms with Crippen LogP contribution in [0.1, 0.15) is 6.92 Å². The van der Waals surface area contributed by atoms with E-state index in [2.05, 4.69) is 20.0 Å². The van der Waals surface area contributed by atoms with Crippen LogP contribution in [0.4, 0.5) is 0 Å². The third kappa shape index (κ3) is 0.689. The van der Waals surface area contributed by atoms with Crippen LogP contribution in [0.15, 0.2) is 20.0 Å². The number of hydrogen-bond acceptors (Lipinski definition) is 4. The maximum absolute atomic E-state index is 4.16. The lowest BCUT2D eigenvalue weighted by Crippen LogP contribution is -2.17. The molecule has 4 nitrogen and oxygen atoms in total. The summed E-state index contributed by atoms with van der Waals surface area (Å²) in [6.45, 7) is 1.86. The fourth-order valence-electron chi connectivity index (χ4n) is 0.938. The number of fused-ring (bicyclic) bond motifs is 1. The zero-order chi connectivity index (χ0) is 6.97. The van der Waals surface area contributed by atoms with E-state index in [1.165, 1.54) is 6.34 Å². The van der Waals surface area contributed by atoms with Crippen molar-refractivity contribution in [2.24, 2.45) is 20.0 Å². The van der Waals surface area contributed by atoms with E-state index in [-0.39, 0.29) is 6.04 Å². The van der Waals surface area contributed by atoms with Gasteiger partial charge in [0.25, 0.3) is 0 Å². The molecule has 0 N–H and O–H groups in total. The normalized spacial score (nSPS) is 27.9. The molecular weight excluding hydrogens is 128 g/mol. The zero-order valence-electron chi connectivity index (χ0n) is 5.52. The van der Waals surface area contributed by atoms with Gasteiger partial charge in [-0.3, -0.25) is 4.99 Å². The Bertz CT molecular complexity index is 271. The fraction of sp³-hybridized carbons (Fsp3) is 0.333. The average Bonchev–Trinajstić information content (AvgIpc) is 2.27. The minimum Gasteiger partial charge on any atom is -0.253 e. The molecule has 0 aromatic heterocycles. The molecule has 2 aliphatic heterocycles. The highest BCUT2D eigenvalue weighted by atomic mass is 15.1. The van der Waals surface area contributed by atoms with Crippen LogP contribution < -0.4 is 0 Å². The molecule has 2 rings (SSSR count). The van der Waals surface area contributed by atoms with Gasteiger partial charge in [0.2, 0.25) is 0 Å². The van der Waals surface area contributed by atoms with Crippen LogP contribution in [0, 0.1) is 0 Å². The Morgan fingerprint density at radius 1 is 1.50 bits per heavy atom. The Morgan fingerprint density at radius 3 is 3.20 bits per heavy atom. The Hall–Kier alpha value is -1.32. The lowest BCUT2D eigenvalue weighted by Gasteiger charge is -2.01. The lowest BCUT2D eigenvalue weighted by molar-refractivity contribution is 1.16. The van der Waals surface area contributed by atoms with Crippen molar-refractivity contribution in [3.05, 3.63) is 0 Å². The molecule has 0 amide bonds. The largest absolute Gasteiger partial charge is 0.253 e. The van der Waals surface area contributed by atoms with Crippen molar-refractivity contribution >= 4 is 24.2 Å². The molecule has 0 saturated heterocycles. The highest BCUT2D eigenvalue weighted by molar-refractivity contribution is 6.16. The van der Waals surface area contributed by atoms with Crippen LogP contribution in [-0.2, 0) is 0 Å². The summed E-state index contributed by atoms with van der Waals surface area (Å²) in [6.07, 6.45) is 3.23. The maximum atomic E-state index is 4.16. The second-order valence-corrected chi connectivity index (χ2v) is 2.13. The van der Waals surface area contributed by atoms with E-state index >= 15 is 0 Å². The molecular formula is C6H6N4. The Labute approximate surface area is 58.1 Å². The van der Waals surface area contributed by atoms with E-state index in [0.717, 1.165) is 11.7 Å². The summed E-state index contributed by atoms with van der Waals surface area (Å²) in [4.78, 5) is 16.1. The van der Waals surface area contributed by atoms with Crippen molar-refractivity contribution in [2.45, 2.75) is 13.0 Å². The standard InChI is InChI=1S/C6H6N4/c1-4-9-5-2-7-3-8-6(5)10-4/h2-3,5H,1H3. The number of nitrogens with zero attached hydrogens (tertiary/aromatic N) is 4. The molecule has 0 aliphatic carbocycles. The highest BCUT2D eigenvalue weighted by Gasteiger charge is 2.19. The quantitative estimate of drug-likeness (QED) is 0.457. The molecule has 0 saturated carbocycles. The predicted molar refractivity (Wildman–Crippen MR) is 41.3 cm³/mol. The van der Waals surface area contributed by atoms with Gasteiger partial charge in [-0.2, -0.15) is 0 Å². The number of hydrogen-bond donors (Lipinski definition) is 0. The second-order valence-electron chi connectivity index (χ2n) is 2.13. The van der Waals surface area contributed by atoms with E-state index in [9.17, 15) is 0 Å². The first-order chi connectivity index (χ1) is 4.86. The molecule has 0 bridgehead atoms. The van der Waals surface area contributed by atoms with Gasteiger partial charge < -0.3 is 0 Å². The first-order valence-corrected chi connectivity index (χ1v) is 3.05. The Balaban J connectivity index is 2.40. The summed E-state index contributed by atoms with van der Waals surface area (Å²) in [6, 6.07) is -0.00926. The summed E-state index contributed by atoms with van der Waals surface area (Å²) in [7, 11) is 0.